The molecule has 0 spiro atoms. The third-order valence-corrected chi connectivity index (χ3v) is 8.10. The van der Waals surface area contributed by atoms with E-state index in [9.17, 15) is 9.59 Å². The molecule has 1 atom stereocenters. The Bertz CT molecular complexity index is 1910. The molecule has 11 heteroatoms. The predicted molar refractivity (Wildman–Crippen MR) is 170 cm³/mol. The van der Waals surface area contributed by atoms with Crippen LogP contribution in [0.1, 0.15) is 31.0 Å². The van der Waals surface area contributed by atoms with Crippen LogP contribution in [0.4, 0.5) is 0 Å². The molecule has 4 aromatic rings. The first kappa shape index (κ1) is 31.4. The number of allylic oxidation sites excluding steroid dienone is 1. The number of aromatic nitrogens is 1. The second-order valence-electron chi connectivity index (χ2n) is 9.80. The van der Waals surface area contributed by atoms with Crippen LogP contribution in [0.2, 0.25) is 0 Å². The molecule has 0 radical (unpaired) electrons. The number of methoxy groups -OCH3 is 3. The lowest BCUT2D eigenvalue weighted by Gasteiger charge is -2.25. The Hall–Kier alpha value is -5.03. The van der Waals surface area contributed by atoms with Gasteiger partial charge in [0.2, 0.25) is 0 Å². The maximum absolute atomic E-state index is 14.1. The van der Waals surface area contributed by atoms with Crippen molar-refractivity contribution in [3.63, 3.8) is 0 Å². The van der Waals surface area contributed by atoms with E-state index in [-0.39, 0.29) is 31.0 Å². The van der Waals surface area contributed by atoms with Crippen molar-refractivity contribution in [2.75, 3.05) is 41.2 Å². The average Bonchev–Trinajstić information content (AvgIpc) is 3.36. The van der Waals surface area contributed by atoms with Gasteiger partial charge < -0.3 is 28.4 Å². The molecule has 10 nitrogen and oxygen atoms in total. The van der Waals surface area contributed by atoms with Gasteiger partial charge in [0.05, 0.1) is 49.8 Å². The van der Waals surface area contributed by atoms with Crippen molar-refractivity contribution in [2.24, 2.45) is 4.99 Å². The highest BCUT2D eigenvalue weighted by atomic mass is 32.1. The van der Waals surface area contributed by atoms with Crippen LogP contribution >= 0.6 is 11.3 Å². The first-order valence-electron chi connectivity index (χ1n) is 14.3. The monoisotopic (exact) mass is 630 g/mol. The smallest absolute Gasteiger partial charge is 0.338 e. The lowest BCUT2D eigenvalue weighted by atomic mass is 9.95. The minimum atomic E-state index is -0.791. The zero-order valence-electron chi connectivity index (χ0n) is 25.7. The minimum Gasteiger partial charge on any atom is -0.493 e. The number of benzene rings is 3. The van der Waals surface area contributed by atoms with Crippen molar-refractivity contribution >= 4 is 23.4 Å². The van der Waals surface area contributed by atoms with E-state index in [1.807, 2.05) is 48.5 Å². The average molecular weight is 631 g/mol. The summed E-state index contributed by atoms with van der Waals surface area (Å²) in [4.78, 5) is 32.4. The minimum absolute atomic E-state index is 0.180. The van der Waals surface area contributed by atoms with Crippen molar-refractivity contribution in [1.29, 1.82) is 0 Å². The van der Waals surface area contributed by atoms with Gasteiger partial charge in [-0.05, 0) is 55.8 Å². The number of hydrogen-bond acceptors (Lipinski definition) is 10. The summed E-state index contributed by atoms with van der Waals surface area (Å²) in [6.07, 6.45) is 1.77. The number of ether oxygens (including phenoxy) is 6. The number of hydrogen-bond donors (Lipinski definition) is 0. The number of carbonyl (C=O) groups excluding carboxylic acids is 1. The summed E-state index contributed by atoms with van der Waals surface area (Å²) >= 11 is 1.23. The number of carbonyl (C=O) groups is 1. The number of thiazole rings is 1. The Kier molecular flexibility index (Phi) is 9.89. The van der Waals surface area contributed by atoms with Gasteiger partial charge in [0.15, 0.2) is 27.8 Å². The molecule has 0 aliphatic carbocycles. The SMILES string of the molecule is CCOC(=O)C1=C(C)N=c2s/c(=C/c3ccccc3OCCOc3ccccc3OC)c(=O)n2C1c1ccc(OC)c(OC)c1. The normalized spacial score (nSPS) is 14.3. The van der Waals surface area contributed by atoms with Gasteiger partial charge in [-0.3, -0.25) is 9.36 Å². The number of nitrogens with zero attached hydrogens (tertiary/aromatic N) is 2. The summed E-state index contributed by atoms with van der Waals surface area (Å²) in [5.41, 5.74) is 1.81. The predicted octanol–water partition coefficient (Wildman–Crippen LogP) is 4.28. The molecular weight excluding hydrogens is 596 g/mol. The van der Waals surface area contributed by atoms with E-state index < -0.39 is 12.0 Å². The third kappa shape index (κ3) is 6.58. The summed E-state index contributed by atoms with van der Waals surface area (Å²) in [5, 5.41) is 0. The quantitative estimate of drug-likeness (QED) is 0.169. The van der Waals surface area contributed by atoms with Gasteiger partial charge in [0.25, 0.3) is 5.56 Å². The molecule has 0 fully saturated rings. The molecule has 1 unspecified atom stereocenters. The molecule has 1 aromatic heterocycles. The zero-order chi connectivity index (χ0) is 31.9. The van der Waals surface area contributed by atoms with Crippen LogP contribution in [-0.4, -0.2) is 51.7 Å². The summed E-state index contributed by atoms with van der Waals surface area (Å²) in [5.74, 6) is 2.31. The van der Waals surface area contributed by atoms with E-state index in [2.05, 4.69) is 4.99 Å². The van der Waals surface area contributed by atoms with E-state index in [1.54, 1.807) is 52.3 Å². The Morgan fingerprint density at radius 2 is 1.49 bits per heavy atom. The van der Waals surface area contributed by atoms with Gasteiger partial charge in [-0.25, -0.2) is 9.79 Å². The molecular formula is C34H34N2O8S. The Morgan fingerprint density at radius 3 is 2.18 bits per heavy atom. The Labute approximate surface area is 264 Å². The lowest BCUT2D eigenvalue weighted by Crippen LogP contribution is -2.40. The Morgan fingerprint density at radius 1 is 0.867 bits per heavy atom. The van der Waals surface area contributed by atoms with Crippen LogP contribution in [0, 0.1) is 0 Å². The maximum Gasteiger partial charge on any atom is 0.338 e. The summed E-state index contributed by atoms with van der Waals surface area (Å²) in [6, 6.07) is 19.4. The largest absolute Gasteiger partial charge is 0.493 e. The van der Waals surface area contributed by atoms with E-state index in [0.29, 0.717) is 54.9 Å². The van der Waals surface area contributed by atoms with E-state index >= 15 is 0 Å². The molecule has 3 aromatic carbocycles. The highest BCUT2D eigenvalue weighted by Gasteiger charge is 2.34. The van der Waals surface area contributed by atoms with Crippen LogP contribution in [0.5, 0.6) is 28.7 Å². The Balaban J connectivity index is 1.51. The van der Waals surface area contributed by atoms with Crippen LogP contribution in [0.15, 0.2) is 87.8 Å². The molecule has 0 saturated carbocycles. The molecule has 0 N–H and O–H groups in total. The second kappa shape index (κ2) is 14.2. The fraction of sp³-hybridized carbons (Fsp3) is 0.265. The molecule has 0 amide bonds. The molecule has 1 aliphatic rings. The van der Waals surface area contributed by atoms with Gasteiger partial charge in [0, 0.05) is 5.56 Å². The van der Waals surface area contributed by atoms with Crippen LogP contribution in [0.3, 0.4) is 0 Å². The summed E-state index contributed by atoms with van der Waals surface area (Å²) in [6.45, 7) is 4.22. The van der Waals surface area contributed by atoms with Crippen molar-refractivity contribution in [2.45, 2.75) is 19.9 Å². The second-order valence-corrected chi connectivity index (χ2v) is 10.8. The fourth-order valence-corrected chi connectivity index (χ4v) is 6.08. The summed E-state index contributed by atoms with van der Waals surface area (Å²) in [7, 11) is 4.67. The van der Waals surface area contributed by atoms with Gasteiger partial charge in [-0.2, -0.15) is 0 Å². The highest BCUT2D eigenvalue weighted by molar-refractivity contribution is 7.07. The zero-order valence-corrected chi connectivity index (χ0v) is 26.5. The van der Waals surface area contributed by atoms with Gasteiger partial charge in [0.1, 0.15) is 19.0 Å². The van der Waals surface area contributed by atoms with Crippen LogP contribution < -0.4 is 38.6 Å². The van der Waals surface area contributed by atoms with Crippen LogP contribution in [-0.2, 0) is 9.53 Å². The number of para-hydroxylation sites is 3. The highest BCUT2D eigenvalue weighted by Crippen LogP contribution is 2.36. The molecule has 0 saturated heterocycles. The molecule has 234 valence electrons. The third-order valence-electron chi connectivity index (χ3n) is 7.11. The maximum atomic E-state index is 14.1. The first-order valence-corrected chi connectivity index (χ1v) is 15.1. The van der Waals surface area contributed by atoms with Crippen molar-refractivity contribution in [3.05, 3.63) is 109 Å². The van der Waals surface area contributed by atoms with Gasteiger partial charge in [-0.1, -0.05) is 47.7 Å². The number of esters is 1. The van der Waals surface area contributed by atoms with Crippen molar-refractivity contribution < 1.29 is 33.2 Å². The lowest BCUT2D eigenvalue weighted by molar-refractivity contribution is -0.139. The van der Waals surface area contributed by atoms with Gasteiger partial charge >= 0.3 is 5.97 Å². The number of rotatable bonds is 12. The standard InChI is InChI=1S/C34H34N2O8S/c1-6-42-33(38)30-21(2)35-34-36(31(30)23-15-16-26(40-4)28(19-23)41-5)32(37)29(45-34)20-22-11-7-8-12-24(22)43-17-18-44-27-14-10-9-13-25(27)39-3/h7-16,19-20,31H,6,17-18H2,1-5H3/b29-20+. The topological polar surface area (TPSA) is 107 Å². The molecule has 5 rings (SSSR count). The van der Waals surface area contributed by atoms with Gasteiger partial charge in [-0.15, -0.1) is 0 Å². The molecule has 0 bridgehead atoms. The van der Waals surface area contributed by atoms with E-state index in [0.717, 1.165) is 0 Å². The van der Waals surface area contributed by atoms with Crippen LogP contribution in [0.25, 0.3) is 6.08 Å². The fourth-order valence-electron chi connectivity index (χ4n) is 5.04. The molecule has 1 aliphatic heterocycles. The van der Waals surface area contributed by atoms with E-state index in [4.69, 9.17) is 28.4 Å². The van der Waals surface area contributed by atoms with E-state index in [1.165, 1.54) is 23.0 Å². The molecule has 2 heterocycles. The number of fused-ring (bicyclic) bond motifs is 1. The first-order chi connectivity index (χ1) is 21.9. The van der Waals surface area contributed by atoms with Crippen molar-refractivity contribution in [3.8, 4) is 28.7 Å². The summed E-state index contributed by atoms with van der Waals surface area (Å²) < 4.78 is 35.5. The molecule has 45 heavy (non-hydrogen) atoms. The van der Waals surface area contributed by atoms with Crippen molar-refractivity contribution in [1.82, 2.24) is 4.57 Å².